The highest BCUT2D eigenvalue weighted by atomic mass is 16.4. The van der Waals surface area contributed by atoms with E-state index in [9.17, 15) is 14.7 Å². The lowest BCUT2D eigenvalue weighted by Crippen LogP contribution is -2.32. The zero-order chi connectivity index (χ0) is 15.4. The minimum Gasteiger partial charge on any atom is -0.478 e. The summed E-state index contributed by atoms with van der Waals surface area (Å²) in [5.74, 6) is -0.180. The second kappa shape index (κ2) is 6.25. The van der Waals surface area contributed by atoms with Crippen molar-refractivity contribution < 1.29 is 14.7 Å². The van der Waals surface area contributed by atoms with E-state index >= 15 is 0 Å². The Balaban J connectivity index is 2.48. The number of nitrogens with one attached hydrogen (secondary N) is 1. The maximum absolute atomic E-state index is 11.4. The Bertz CT molecular complexity index is 678. The monoisotopic (exact) mass is 290 g/mol. The maximum Gasteiger partial charge on any atom is 0.337 e. The Morgan fingerprint density at radius 2 is 2.19 bits per heavy atom. The van der Waals surface area contributed by atoms with Gasteiger partial charge in [-0.25, -0.2) is 14.6 Å². The summed E-state index contributed by atoms with van der Waals surface area (Å²) in [5, 5.41) is 11.8. The standard InChI is InChI=1S/C14H18N4O3/c1-2-4-11-17-10-6-3-5-9(13(19)20)12(10)18(11)8-7-16-14(15)21/h3,5-6H,2,4,7-8H2,1H3,(H,19,20)(H3,15,16,21). The lowest BCUT2D eigenvalue weighted by molar-refractivity contribution is 0.0698. The first kappa shape index (κ1) is 14.8. The summed E-state index contributed by atoms with van der Waals surface area (Å²) in [6, 6.07) is 4.43. The number of aryl methyl sites for hydroxylation is 1. The molecule has 0 saturated carbocycles. The zero-order valence-corrected chi connectivity index (χ0v) is 11.8. The highest BCUT2D eigenvalue weighted by Gasteiger charge is 2.17. The molecule has 2 rings (SSSR count). The molecular weight excluding hydrogens is 272 g/mol. The number of aromatic nitrogens is 2. The third kappa shape index (κ3) is 3.13. The number of benzene rings is 1. The van der Waals surface area contributed by atoms with Gasteiger partial charge in [0.2, 0.25) is 0 Å². The molecule has 2 amide bonds. The molecule has 21 heavy (non-hydrogen) atoms. The number of carbonyl (C=O) groups excluding carboxylic acids is 1. The third-order valence-corrected chi connectivity index (χ3v) is 3.18. The van der Waals surface area contributed by atoms with E-state index < -0.39 is 12.0 Å². The number of hydrogen-bond donors (Lipinski definition) is 3. The zero-order valence-electron chi connectivity index (χ0n) is 11.8. The first-order valence-electron chi connectivity index (χ1n) is 6.79. The number of nitrogens with zero attached hydrogens (tertiary/aromatic N) is 2. The van der Waals surface area contributed by atoms with E-state index in [4.69, 9.17) is 5.73 Å². The molecule has 0 bridgehead atoms. The van der Waals surface area contributed by atoms with Gasteiger partial charge in [0, 0.05) is 19.5 Å². The van der Waals surface area contributed by atoms with Crippen LogP contribution in [0.4, 0.5) is 4.79 Å². The summed E-state index contributed by atoms with van der Waals surface area (Å²) in [6.45, 7) is 2.79. The molecule has 1 aromatic carbocycles. The fourth-order valence-electron chi connectivity index (χ4n) is 2.35. The summed E-state index contributed by atoms with van der Waals surface area (Å²) in [4.78, 5) is 26.7. The van der Waals surface area contributed by atoms with Crippen LogP contribution in [0.5, 0.6) is 0 Å². The molecule has 1 heterocycles. The molecule has 0 aliphatic carbocycles. The number of imidazole rings is 1. The number of nitrogens with two attached hydrogens (primary N) is 1. The lowest BCUT2D eigenvalue weighted by Gasteiger charge is -2.10. The van der Waals surface area contributed by atoms with Gasteiger partial charge in [0.1, 0.15) is 5.82 Å². The van der Waals surface area contributed by atoms with Gasteiger partial charge in [0.05, 0.1) is 16.6 Å². The molecule has 4 N–H and O–H groups in total. The first-order valence-corrected chi connectivity index (χ1v) is 6.79. The average Bonchev–Trinajstić information content (AvgIpc) is 2.76. The molecule has 0 unspecified atom stereocenters. The number of carboxylic acids is 1. The van der Waals surface area contributed by atoms with Crippen LogP contribution in [0.3, 0.4) is 0 Å². The van der Waals surface area contributed by atoms with Crippen LogP contribution in [0, 0.1) is 0 Å². The van der Waals surface area contributed by atoms with Crippen LogP contribution in [-0.2, 0) is 13.0 Å². The van der Waals surface area contributed by atoms with Crippen molar-refractivity contribution in [1.29, 1.82) is 0 Å². The fraction of sp³-hybridized carbons (Fsp3) is 0.357. The highest BCUT2D eigenvalue weighted by Crippen LogP contribution is 2.21. The Labute approximate surface area is 121 Å². The quantitative estimate of drug-likeness (QED) is 0.745. The maximum atomic E-state index is 11.4. The molecule has 0 aliphatic rings. The Hall–Kier alpha value is -2.57. The predicted molar refractivity (Wildman–Crippen MR) is 78.3 cm³/mol. The number of carbonyl (C=O) groups is 2. The molecular formula is C14H18N4O3. The number of amides is 2. The highest BCUT2D eigenvalue weighted by molar-refractivity contribution is 6.01. The summed E-state index contributed by atoms with van der Waals surface area (Å²) >= 11 is 0. The van der Waals surface area contributed by atoms with E-state index in [0.717, 1.165) is 18.7 Å². The van der Waals surface area contributed by atoms with E-state index in [2.05, 4.69) is 10.3 Å². The molecule has 112 valence electrons. The minimum absolute atomic E-state index is 0.210. The van der Waals surface area contributed by atoms with Gasteiger partial charge in [-0.2, -0.15) is 0 Å². The summed E-state index contributed by atoms with van der Waals surface area (Å²) in [6.07, 6.45) is 1.64. The van der Waals surface area contributed by atoms with Gasteiger partial charge in [-0.15, -0.1) is 0 Å². The number of urea groups is 1. The molecule has 0 atom stereocenters. The van der Waals surface area contributed by atoms with Gasteiger partial charge >= 0.3 is 12.0 Å². The number of para-hydroxylation sites is 1. The van der Waals surface area contributed by atoms with Crippen molar-refractivity contribution in [3.05, 3.63) is 29.6 Å². The molecule has 0 fully saturated rings. The molecule has 2 aromatic rings. The minimum atomic E-state index is -0.993. The van der Waals surface area contributed by atoms with E-state index in [1.165, 1.54) is 0 Å². The largest absolute Gasteiger partial charge is 0.478 e. The van der Waals surface area contributed by atoms with Crippen molar-refractivity contribution in [3.63, 3.8) is 0 Å². The van der Waals surface area contributed by atoms with Crippen LogP contribution in [0.25, 0.3) is 11.0 Å². The molecule has 0 saturated heterocycles. The van der Waals surface area contributed by atoms with Crippen LogP contribution in [-0.4, -0.2) is 33.2 Å². The smallest absolute Gasteiger partial charge is 0.337 e. The van der Waals surface area contributed by atoms with E-state index in [1.807, 2.05) is 11.5 Å². The van der Waals surface area contributed by atoms with Crippen molar-refractivity contribution in [2.24, 2.45) is 5.73 Å². The Kier molecular flexibility index (Phi) is 4.42. The third-order valence-electron chi connectivity index (χ3n) is 3.18. The summed E-state index contributed by atoms with van der Waals surface area (Å²) in [7, 11) is 0. The number of fused-ring (bicyclic) bond motifs is 1. The van der Waals surface area contributed by atoms with Gasteiger partial charge in [-0.3, -0.25) is 0 Å². The molecule has 1 aromatic heterocycles. The second-order valence-corrected chi connectivity index (χ2v) is 4.70. The van der Waals surface area contributed by atoms with Crippen LogP contribution in [0.1, 0.15) is 29.5 Å². The summed E-state index contributed by atoms with van der Waals surface area (Å²) in [5.41, 5.74) is 6.49. The first-order chi connectivity index (χ1) is 10.0. The van der Waals surface area contributed by atoms with Crippen molar-refractivity contribution in [2.75, 3.05) is 6.54 Å². The number of aromatic carboxylic acids is 1. The Morgan fingerprint density at radius 3 is 2.81 bits per heavy atom. The van der Waals surface area contributed by atoms with Crippen LogP contribution in [0.15, 0.2) is 18.2 Å². The van der Waals surface area contributed by atoms with Crippen LogP contribution < -0.4 is 11.1 Å². The SMILES string of the molecule is CCCc1nc2cccc(C(=O)O)c2n1CCNC(N)=O. The normalized spacial score (nSPS) is 10.7. The van der Waals surface area contributed by atoms with Gasteiger partial charge in [0.15, 0.2) is 0 Å². The fourth-order valence-corrected chi connectivity index (χ4v) is 2.35. The second-order valence-electron chi connectivity index (χ2n) is 4.70. The molecule has 0 radical (unpaired) electrons. The average molecular weight is 290 g/mol. The van der Waals surface area contributed by atoms with Gasteiger partial charge < -0.3 is 20.7 Å². The number of hydrogen-bond acceptors (Lipinski definition) is 3. The van der Waals surface area contributed by atoms with Gasteiger partial charge in [-0.1, -0.05) is 13.0 Å². The van der Waals surface area contributed by atoms with Crippen molar-refractivity contribution in [2.45, 2.75) is 26.3 Å². The molecule has 7 heteroatoms. The topological polar surface area (TPSA) is 110 Å². The van der Waals surface area contributed by atoms with E-state index in [1.54, 1.807) is 18.2 Å². The molecule has 0 spiro atoms. The van der Waals surface area contributed by atoms with Crippen molar-refractivity contribution >= 4 is 23.0 Å². The van der Waals surface area contributed by atoms with Gasteiger partial charge in [-0.05, 0) is 18.6 Å². The lowest BCUT2D eigenvalue weighted by atomic mass is 10.2. The van der Waals surface area contributed by atoms with E-state index in [-0.39, 0.29) is 5.56 Å². The number of primary amides is 1. The predicted octanol–water partition coefficient (Wildman–Crippen LogP) is 1.36. The molecule has 7 nitrogen and oxygen atoms in total. The van der Waals surface area contributed by atoms with E-state index in [0.29, 0.717) is 24.1 Å². The Morgan fingerprint density at radius 1 is 1.43 bits per heavy atom. The van der Waals surface area contributed by atoms with Gasteiger partial charge in [0.25, 0.3) is 0 Å². The van der Waals surface area contributed by atoms with Crippen LogP contribution >= 0.6 is 0 Å². The van der Waals surface area contributed by atoms with Crippen LogP contribution in [0.2, 0.25) is 0 Å². The summed E-state index contributed by atoms with van der Waals surface area (Å²) < 4.78 is 1.85. The molecule has 0 aliphatic heterocycles. The van der Waals surface area contributed by atoms with Crippen molar-refractivity contribution in [3.8, 4) is 0 Å². The number of carboxylic acid groups (broad SMARTS) is 1. The van der Waals surface area contributed by atoms with Crippen molar-refractivity contribution in [1.82, 2.24) is 14.9 Å². The number of rotatable bonds is 6.